The van der Waals surface area contributed by atoms with Crippen LogP contribution < -0.4 is 15.5 Å². The number of hydrogen-bond acceptors (Lipinski definition) is 8. The maximum Gasteiger partial charge on any atom is 0.325 e. The molecule has 0 amide bonds. The normalized spacial score (nSPS) is 9.78. The van der Waals surface area contributed by atoms with Crippen molar-refractivity contribution >= 4 is 23.8 Å². The molecule has 0 fully saturated rings. The van der Waals surface area contributed by atoms with Crippen LogP contribution in [0.3, 0.4) is 0 Å². The second-order valence-electron chi connectivity index (χ2n) is 3.59. The van der Waals surface area contributed by atoms with E-state index in [9.17, 15) is 4.79 Å². The summed E-state index contributed by atoms with van der Waals surface area (Å²) < 4.78 is 4.80. The van der Waals surface area contributed by atoms with E-state index >= 15 is 0 Å². The van der Waals surface area contributed by atoms with Crippen LogP contribution in [0.4, 0.5) is 17.8 Å². The summed E-state index contributed by atoms with van der Waals surface area (Å²) in [6, 6.07) is 0. The number of rotatable bonds is 6. The first-order chi connectivity index (χ1) is 8.56. The fraction of sp³-hybridized carbons (Fsp3) is 0.600. The molecule has 0 bridgehead atoms. The van der Waals surface area contributed by atoms with Gasteiger partial charge in [0.1, 0.15) is 6.54 Å². The van der Waals surface area contributed by atoms with Crippen LogP contribution in [0.2, 0.25) is 0 Å². The third-order valence-electron chi connectivity index (χ3n) is 1.94. The van der Waals surface area contributed by atoms with Crippen LogP contribution in [0, 0.1) is 0 Å². The number of anilines is 3. The van der Waals surface area contributed by atoms with Crippen LogP contribution in [0.5, 0.6) is 0 Å². The van der Waals surface area contributed by atoms with Crippen LogP contribution in [-0.4, -0.2) is 55.2 Å². The Morgan fingerprint density at radius 2 is 1.94 bits per heavy atom. The first-order valence-electron chi connectivity index (χ1n) is 5.57. The Kier molecular flexibility index (Phi) is 5.09. The van der Waals surface area contributed by atoms with Crippen LogP contribution in [0.1, 0.15) is 6.92 Å². The van der Waals surface area contributed by atoms with Crippen molar-refractivity contribution in [3.8, 4) is 0 Å². The van der Waals surface area contributed by atoms with Gasteiger partial charge in [-0.2, -0.15) is 15.0 Å². The molecule has 0 spiro atoms. The Bertz CT molecular complexity index is 409. The summed E-state index contributed by atoms with van der Waals surface area (Å²) in [5, 5.41) is 5.63. The molecule has 1 heterocycles. The number of aromatic nitrogens is 3. The molecule has 100 valence electrons. The number of carbonyl (C=O) groups excluding carboxylic acids is 1. The minimum absolute atomic E-state index is 0.0217. The fourth-order valence-corrected chi connectivity index (χ4v) is 1.12. The maximum atomic E-state index is 11.2. The van der Waals surface area contributed by atoms with E-state index in [4.69, 9.17) is 4.74 Å². The van der Waals surface area contributed by atoms with Gasteiger partial charge >= 0.3 is 5.97 Å². The van der Waals surface area contributed by atoms with Crippen molar-refractivity contribution in [1.29, 1.82) is 0 Å². The van der Waals surface area contributed by atoms with Crippen LogP contribution in [-0.2, 0) is 9.53 Å². The van der Waals surface area contributed by atoms with Gasteiger partial charge in [-0.05, 0) is 6.92 Å². The summed E-state index contributed by atoms with van der Waals surface area (Å²) in [7, 11) is 5.36. The van der Waals surface area contributed by atoms with E-state index in [0.29, 0.717) is 24.5 Å². The molecular weight excluding hydrogens is 236 g/mol. The zero-order chi connectivity index (χ0) is 13.5. The number of esters is 1. The topological polar surface area (TPSA) is 92.3 Å². The molecule has 0 saturated heterocycles. The average molecular weight is 254 g/mol. The van der Waals surface area contributed by atoms with Gasteiger partial charge in [0.25, 0.3) is 0 Å². The molecule has 0 aliphatic heterocycles. The highest BCUT2D eigenvalue weighted by atomic mass is 16.5. The van der Waals surface area contributed by atoms with Crippen molar-refractivity contribution in [1.82, 2.24) is 15.0 Å². The van der Waals surface area contributed by atoms with Gasteiger partial charge in [0.15, 0.2) is 0 Å². The Labute approximate surface area is 106 Å². The molecule has 0 atom stereocenters. The predicted molar refractivity (Wildman–Crippen MR) is 68.8 cm³/mol. The first-order valence-corrected chi connectivity index (χ1v) is 5.57. The lowest BCUT2D eigenvalue weighted by molar-refractivity contribution is -0.140. The van der Waals surface area contributed by atoms with E-state index in [2.05, 4.69) is 25.6 Å². The Morgan fingerprint density at radius 3 is 2.50 bits per heavy atom. The summed E-state index contributed by atoms with van der Waals surface area (Å²) in [5.74, 6) is 0.905. The van der Waals surface area contributed by atoms with Gasteiger partial charge in [0, 0.05) is 21.1 Å². The summed E-state index contributed by atoms with van der Waals surface area (Å²) >= 11 is 0. The molecule has 1 aromatic heterocycles. The number of carbonyl (C=O) groups is 1. The van der Waals surface area contributed by atoms with Crippen molar-refractivity contribution in [2.75, 3.05) is 49.8 Å². The maximum absolute atomic E-state index is 11.2. The molecule has 0 radical (unpaired) electrons. The molecule has 1 aromatic rings. The molecule has 0 saturated carbocycles. The number of nitrogens with one attached hydrogen (secondary N) is 2. The molecule has 2 N–H and O–H groups in total. The lowest BCUT2D eigenvalue weighted by Gasteiger charge is -2.12. The zero-order valence-corrected chi connectivity index (χ0v) is 11.0. The quantitative estimate of drug-likeness (QED) is 0.683. The van der Waals surface area contributed by atoms with E-state index < -0.39 is 0 Å². The lowest BCUT2D eigenvalue weighted by atomic mass is 10.6. The average Bonchev–Trinajstić information content (AvgIpc) is 2.36. The van der Waals surface area contributed by atoms with Crippen molar-refractivity contribution < 1.29 is 9.53 Å². The van der Waals surface area contributed by atoms with Gasteiger partial charge in [0.2, 0.25) is 17.8 Å². The third-order valence-corrected chi connectivity index (χ3v) is 1.94. The van der Waals surface area contributed by atoms with Gasteiger partial charge < -0.3 is 20.3 Å². The zero-order valence-electron chi connectivity index (χ0n) is 11.0. The van der Waals surface area contributed by atoms with E-state index in [1.165, 1.54) is 0 Å². The van der Waals surface area contributed by atoms with E-state index in [-0.39, 0.29) is 12.5 Å². The van der Waals surface area contributed by atoms with Crippen LogP contribution >= 0.6 is 0 Å². The van der Waals surface area contributed by atoms with Gasteiger partial charge in [-0.1, -0.05) is 0 Å². The summed E-state index contributed by atoms with van der Waals surface area (Å²) in [4.78, 5) is 25.4. The van der Waals surface area contributed by atoms with Crippen LogP contribution in [0.15, 0.2) is 0 Å². The molecule has 0 aliphatic rings. The first kappa shape index (κ1) is 13.9. The Balaban J connectivity index is 2.75. The third kappa shape index (κ3) is 4.04. The molecule has 0 unspecified atom stereocenters. The number of nitrogens with zero attached hydrogens (tertiary/aromatic N) is 4. The highest BCUT2D eigenvalue weighted by molar-refractivity contribution is 5.74. The van der Waals surface area contributed by atoms with Crippen molar-refractivity contribution in [3.63, 3.8) is 0 Å². The van der Waals surface area contributed by atoms with Gasteiger partial charge in [0.05, 0.1) is 6.61 Å². The predicted octanol–water partition coefficient (Wildman–Crippen LogP) is -0.0457. The monoisotopic (exact) mass is 254 g/mol. The van der Waals surface area contributed by atoms with Gasteiger partial charge in [-0.25, -0.2) is 0 Å². The van der Waals surface area contributed by atoms with Gasteiger partial charge in [-0.3, -0.25) is 4.79 Å². The molecule has 0 aliphatic carbocycles. The van der Waals surface area contributed by atoms with Gasteiger partial charge in [-0.15, -0.1) is 0 Å². The fourth-order valence-electron chi connectivity index (χ4n) is 1.12. The van der Waals surface area contributed by atoms with Crippen molar-refractivity contribution in [2.24, 2.45) is 0 Å². The highest BCUT2D eigenvalue weighted by Gasteiger charge is 2.08. The molecule has 8 heteroatoms. The highest BCUT2D eigenvalue weighted by Crippen LogP contribution is 2.10. The lowest BCUT2D eigenvalue weighted by Crippen LogP contribution is -2.20. The molecule has 8 nitrogen and oxygen atoms in total. The van der Waals surface area contributed by atoms with E-state index in [0.717, 1.165) is 0 Å². The Hall–Kier alpha value is -2.12. The SMILES string of the molecule is CCOC(=O)CNc1nc(NC)nc(N(C)C)n1. The largest absolute Gasteiger partial charge is 0.465 e. The second kappa shape index (κ2) is 6.58. The number of ether oxygens (including phenoxy) is 1. The molecule has 0 aromatic carbocycles. The molecule has 1 rings (SSSR count). The van der Waals surface area contributed by atoms with Crippen molar-refractivity contribution in [3.05, 3.63) is 0 Å². The smallest absolute Gasteiger partial charge is 0.325 e. The number of hydrogen-bond donors (Lipinski definition) is 2. The standard InChI is InChI=1S/C10H18N6O2/c1-5-18-7(17)6-12-9-13-8(11-2)14-10(15-9)16(3)4/h5-6H2,1-4H3,(H2,11,12,13,14,15). The Morgan fingerprint density at radius 1 is 1.28 bits per heavy atom. The van der Waals surface area contributed by atoms with E-state index in [1.807, 2.05) is 14.1 Å². The minimum atomic E-state index is -0.352. The summed E-state index contributed by atoms with van der Waals surface area (Å²) in [6.45, 7) is 2.13. The molecule has 18 heavy (non-hydrogen) atoms. The van der Waals surface area contributed by atoms with Crippen molar-refractivity contribution in [2.45, 2.75) is 6.92 Å². The van der Waals surface area contributed by atoms with E-state index in [1.54, 1.807) is 18.9 Å². The minimum Gasteiger partial charge on any atom is -0.465 e. The summed E-state index contributed by atoms with van der Waals surface area (Å²) in [5.41, 5.74) is 0. The second-order valence-corrected chi connectivity index (χ2v) is 3.59. The molecular formula is C10H18N6O2. The van der Waals surface area contributed by atoms with Crippen LogP contribution in [0.25, 0.3) is 0 Å². The summed E-state index contributed by atoms with van der Waals surface area (Å²) in [6.07, 6.45) is 0.